The first-order chi connectivity index (χ1) is 5.33. The molecule has 0 saturated heterocycles. The Labute approximate surface area is 70.7 Å². The van der Waals surface area contributed by atoms with Crippen molar-refractivity contribution in [3.8, 4) is 0 Å². The molecule has 62 valence electrons. The molecular weight excluding hydrogens is 158 g/mol. The van der Waals surface area contributed by atoms with Gasteiger partial charge in [0.05, 0.1) is 0 Å². The molecule has 0 aliphatic rings. The Morgan fingerprint density at radius 1 is 1.64 bits per heavy atom. The van der Waals surface area contributed by atoms with E-state index in [0.29, 0.717) is 6.42 Å². The summed E-state index contributed by atoms with van der Waals surface area (Å²) in [5.41, 5.74) is 5.72. The van der Waals surface area contributed by atoms with Gasteiger partial charge in [-0.3, -0.25) is 0 Å². The Balaban J connectivity index is 2.31. The van der Waals surface area contributed by atoms with Gasteiger partial charge in [-0.15, -0.1) is 11.3 Å². The van der Waals surface area contributed by atoms with Crippen molar-refractivity contribution in [2.75, 3.05) is 6.61 Å². The van der Waals surface area contributed by atoms with E-state index >= 15 is 0 Å². The topological polar surface area (TPSA) is 46.2 Å². The minimum Gasteiger partial charge on any atom is -0.396 e. The van der Waals surface area contributed by atoms with Crippen LogP contribution in [-0.4, -0.2) is 17.8 Å². The summed E-state index contributed by atoms with van der Waals surface area (Å²) in [6.07, 6.45) is 1.58. The van der Waals surface area contributed by atoms with Crippen LogP contribution in [0.4, 0.5) is 0 Å². The van der Waals surface area contributed by atoms with Gasteiger partial charge in [0.25, 0.3) is 0 Å². The molecule has 0 aromatic carbocycles. The van der Waals surface area contributed by atoms with Crippen molar-refractivity contribution >= 4 is 11.3 Å². The van der Waals surface area contributed by atoms with Crippen LogP contribution in [0.25, 0.3) is 0 Å². The van der Waals surface area contributed by atoms with Crippen molar-refractivity contribution in [2.24, 2.45) is 5.73 Å². The Kier molecular flexibility index (Phi) is 3.56. The molecule has 1 aromatic rings. The number of aliphatic hydroxyl groups excluding tert-OH is 1. The first-order valence-electron chi connectivity index (χ1n) is 3.71. The highest BCUT2D eigenvalue weighted by Gasteiger charge is 2.02. The lowest BCUT2D eigenvalue weighted by Crippen LogP contribution is -2.23. The lowest BCUT2D eigenvalue weighted by atomic mass is 10.1. The third-order valence-corrected chi connectivity index (χ3v) is 2.44. The van der Waals surface area contributed by atoms with Crippen molar-refractivity contribution < 1.29 is 5.11 Å². The van der Waals surface area contributed by atoms with E-state index in [1.807, 2.05) is 11.4 Å². The van der Waals surface area contributed by atoms with Crippen LogP contribution in [0.15, 0.2) is 17.5 Å². The summed E-state index contributed by atoms with van der Waals surface area (Å²) in [5, 5.41) is 10.6. The molecule has 0 spiro atoms. The molecule has 1 unspecified atom stereocenters. The quantitative estimate of drug-likeness (QED) is 0.710. The zero-order valence-corrected chi connectivity index (χ0v) is 7.18. The SMILES string of the molecule is NC(CCO)Cc1cccs1. The van der Waals surface area contributed by atoms with Crippen molar-refractivity contribution in [1.82, 2.24) is 0 Å². The molecule has 2 nitrogen and oxygen atoms in total. The molecule has 0 amide bonds. The van der Waals surface area contributed by atoms with E-state index in [1.165, 1.54) is 4.88 Å². The maximum Gasteiger partial charge on any atom is 0.0445 e. The molecule has 0 saturated carbocycles. The molecule has 1 atom stereocenters. The van der Waals surface area contributed by atoms with Gasteiger partial charge >= 0.3 is 0 Å². The van der Waals surface area contributed by atoms with Gasteiger partial charge in [-0.2, -0.15) is 0 Å². The molecule has 11 heavy (non-hydrogen) atoms. The van der Waals surface area contributed by atoms with Gasteiger partial charge in [0.2, 0.25) is 0 Å². The molecular formula is C8H13NOS. The number of thiophene rings is 1. The van der Waals surface area contributed by atoms with Crippen LogP contribution >= 0.6 is 11.3 Å². The van der Waals surface area contributed by atoms with Crippen molar-refractivity contribution in [1.29, 1.82) is 0 Å². The number of hydrogen-bond donors (Lipinski definition) is 2. The van der Waals surface area contributed by atoms with Crippen LogP contribution < -0.4 is 5.73 Å². The van der Waals surface area contributed by atoms with Gasteiger partial charge in [0.1, 0.15) is 0 Å². The number of hydrogen-bond acceptors (Lipinski definition) is 3. The van der Waals surface area contributed by atoms with Crippen LogP contribution in [0, 0.1) is 0 Å². The monoisotopic (exact) mass is 171 g/mol. The predicted molar refractivity (Wildman–Crippen MR) is 47.7 cm³/mol. The second-order valence-electron chi connectivity index (χ2n) is 2.56. The van der Waals surface area contributed by atoms with Crippen molar-refractivity contribution in [3.05, 3.63) is 22.4 Å². The number of nitrogens with two attached hydrogens (primary N) is 1. The smallest absolute Gasteiger partial charge is 0.0445 e. The second kappa shape index (κ2) is 4.49. The molecule has 1 aromatic heterocycles. The highest BCUT2D eigenvalue weighted by atomic mass is 32.1. The lowest BCUT2D eigenvalue weighted by Gasteiger charge is -2.06. The fraction of sp³-hybridized carbons (Fsp3) is 0.500. The largest absolute Gasteiger partial charge is 0.396 e. The van der Waals surface area contributed by atoms with Crippen LogP contribution in [0.3, 0.4) is 0 Å². The van der Waals surface area contributed by atoms with E-state index in [9.17, 15) is 0 Å². The summed E-state index contributed by atoms with van der Waals surface area (Å²) in [5.74, 6) is 0. The van der Waals surface area contributed by atoms with E-state index in [0.717, 1.165) is 6.42 Å². The van der Waals surface area contributed by atoms with Crippen LogP contribution in [-0.2, 0) is 6.42 Å². The highest BCUT2D eigenvalue weighted by molar-refractivity contribution is 7.09. The maximum absolute atomic E-state index is 8.59. The molecule has 0 radical (unpaired) electrons. The van der Waals surface area contributed by atoms with Gasteiger partial charge in [0, 0.05) is 17.5 Å². The third-order valence-electron chi connectivity index (χ3n) is 1.54. The third kappa shape index (κ3) is 3.01. The van der Waals surface area contributed by atoms with Gasteiger partial charge in [-0.25, -0.2) is 0 Å². The lowest BCUT2D eigenvalue weighted by molar-refractivity contribution is 0.275. The Morgan fingerprint density at radius 3 is 3.00 bits per heavy atom. The highest BCUT2D eigenvalue weighted by Crippen LogP contribution is 2.11. The normalized spacial score (nSPS) is 13.3. The summed E-state index contributed by atoms with van der Waals surface area (Å²) < 4.78 is 0. The Morgan fingerprint density at radius 2 is 2.45 bits per heavy atom. The van der Waals surface area contributed by atoms with Gasteiger partial charge < -0.3 is 10.8 Å². The zero-order valence-electron chi connectivity index (χ0n) is 6.36. The average Bonchev–Trinajstić information content (AvgIpc) is 2.40. The number of rotatable bonds is 4. The first kappa shape index (κ1) is 8.71. The predicted octanol–water partition coefficient (Wildman–Crippen LogP) is 1.00. The summed E-state index contributed by atoms with van der Waals surface area (Å²) in [6.45, 7) is 0.187. The fourth-order valence-electron chi connectivity index (χ4n) is 0.955. The summed E-state index contributed by atoms with van der Waals surface area (Å²) >= 11 is 1.72. The average molecular weight is 171 g/mol. The fourth-order valence-corrected chi connectivity index (χ4v) is 1.75. The minimum atomic E-state index is 0.110. The first-order valence-corrected chi connectivity index (χ1v) is 4.59. The Bertz CT molecular complexity index is 186. The number of aliphatic hydroxyl groups is 1. The Hall–Kier alpha value is -0.380. The van der Waals surface area contributed by atoms with Crippen molar-refractivity contribution in [3.63, 3.8) is 0 Å². The van der Waals surface area contributed by atoms with E-state index in [-0.39, 0.29) is 12.6 Å². The van der Waals surface area contributed by atoms with Gasteiger partial charge in [-0.1, -0.05) is 6.07 Å². The van der Waals surface area contributed by atoms with Crippen LogP contribution in [0.1, 0.15) is 11.3 Å². The van der Waals surface area contributed by atoms with E-state index < -0.39 is 0 Å². The molecule has 0 fully saturated rings. The van der Waals surface area contributed by atoms with Crippen LogP contribution in [0.2, 0.25) is 0 Å². The summed E-state index contributed by atoms with van der Waals surface area (Å²) in [6, 6.07) is 4.20. The summed E-state index contributed by atoms with van der Waals surface area (Å²) in [4.78, 5) is 1.30. The van der Waals surface area contributed by atoms with E-state index in [1.54, 1.807) is 11.3 Å². The summed E-state index contributed by atoms with van der Waals surface area (Å²) in [7, 11) is 0. The molecule has 1 rings (SSSR count). The van der Waals surface area contributed by atoms with Gasteiger partial charge in [0.15, 0.2) is 0 Å². The van der Waals surface area contributed by atoms with Gasteiger partial charge in [-0.05, 0) is 24.3 Å². The van der Waals surface area contributed by atoms with E-state index in [2.05, 4.69) is 6.07 Å². The molecule has 0 aliphatic heterocycles. The molecule has 1 heterocycles. The van der Waals surface area contributed by atoms with Crippen LogP contribution in [0.5, 0.6) is 0 Å². The standard InChI is InChI=1S/C8H13NOS/c9-7(3-4-10)6-8-2-1-5-11-8/h1-2,5,7,10H,3-4,6,9H2. The zero-order chi connectivity index (χ0) is 8.10. The second-order valence-corrected chi connectivity index (χ2v) is 3.59. The molecule has 0 bridgehead atoms. The molecule has 3 heteroatoms. The van der Waals surface area contributed by atoms with Crippen molar-refractivity contribution in [2.45, 2.75) is 18.9 Å². The van der Waals surface area contributed by atoms with E-state index in [4.69, 9.17) is 10.8 Å². The molecule has 3 N–H and O–H groups in total. The minimum absolute atomic E-state index is 0.110. The molecule has 0 aliphatic carbocycles. The maximum atomic E-state index is 8.59.